The molecule has 0 spiro atoms. The van der Waals surface area contributed by atoms with Gasteiger partial charge in [0.1, 0.15) is 0 Å². The van der Waals surface area contributed by atoms with Crippen molar-refractivity contribution in [1.29, 1.82) is 0 Å². The summed E-state index contributed by atoms with van der Waals surface area (Å²) >= 11 is 5.88. The van der Waals surface area contributed by atoms with Crippen LogP contribution in [-0.2, 0) is 5.54 Å². The van der Waals surface area contributed by atoms with Crippen LogP contribution in [0, 0.1) is 5.92 Å². The third-order valence-electron chi connectivity index (χ3n) is 3.59. The predicted octanol–water partition coefficient (Wildman–Crippen LogP) is 3.70. The fourth-order valence-electron chi connectivity index (χ4n) is 2.35. The highest BCUT2D eigenvalue weighted by Gasteiger charge is 2.31. The van der Waals surface area contributed by atoms with Crippen molar-refractivity contribution in [2.45, 2.75) is 38.1 Å². The van der Waals surface area contributed by atoms with Gasteiger partial charge in [-0.2, -0.15) is 0 Å². The zero-order chi connectivity index (χ0) is 10.9. The van der Waals surface area contributed by atoms with E-state index in [1.807, 2.05) is 12.1 Å². The van der Waals surface area contributed by atoms with Gasteiger partial charge in [0.15, 0.2) is 0 Å². The van der Waals surface area contributed by atoms with Gasteiger partial charge in [0.05, 0.1) is 0 Å². The Balaban J connectivity index is 2.18. The van der Waals surface area contributed by atoms with E-state index < -0.39 is 0 Å². The van der Waals surface area contributed by atoms with Crippen molar-refractivity contribution in [2.24, 2.45) is 11.7 Å². The molecular formula is C13H18ClN. The molecule has 0 heterocycles. The highest BCUT2D eigenvalue weighted by Crippen LogP contribution is 2.37. The highest BCUT2D eigenvalue weighted by atomic mass is 35.5. The van der Waals surface area contributed by atoms with Gasteiger partial charge in [-0.05, 0) is 49.3 Å². The standard InChI is InChI=1S/C13H18ClN/c1-10-6-8-13(15,9-7-10)11-2-4-12(14)5-3-11/h2-5,10H,6-9,15H2,1H3. The molecule has 82 valence electrons. The molecule has 1 aromatic rings. The monoisotopic (exact) mass is 223 g/mol. The lowest BCUT2D eigenvalue weighted by molar-refractivity contribution is 0.248. The molecule has 0 radical (unpaired) electrons. The third kappa shape index (κ3) is 2.35. The quantitative estimate of drug-likeness (QED) is 0.772. The average molecular weight is 224 g/mol. The van der Waals surface area contributed by atoms with E-state index in [1.54, 1.807) is 0 Å². The first kappa shape index (κ1) is 11.0. The maximum Gasteiger partial charge on any atom is 0.0409 e. The number of halogens is 1. The fourth-order valence-corrected chi connectivity index (χ4v) is 2.47. The minimum Gasteiger partial charge on any atom is -0.321 e. The summed E-state index contributed by atoms with van der Waals surface area (Å²) in [5.41, 5.74) is 7.57. The number of hydrogen-bond donors (Lipinski definition) is 1. The Hall–Kier alpha value is -0.530. The van der Waals surface area contributed by atoms with E-state index in [9.17, 15) is 0 Å². The predicted molar refractivity (Wildman–Crippen MR) is 64.9 cm³/mol. The van der Waals surface area contributed by atoms with Gasteiger partial charge in [0, 0.05) is 10.6 Å². The second kappa shape index (κ2) is 4.15. The van der Waals surface area contributed by atoms with E-state index in [0.29, 0.717) is 0 Å². The first-order chi connectivity index (χ1) is 7.10. The number of hydrogen-bond acceptors (Lipinski definition) is 1. The number of nitrogens with two attached hydrogens (primary N) is 1. The number of benzene rings is 1. The van der Waals surface area contributed by atoms with Crippen molar-refractivity contribution in [3.63, 3.8) is 0 Å². The molecular weight excluding hydrogens is 206 g/mol. The van der Waals surface area contributed by atoms with Gasteiger partial charge in [-0.3, -0.25) is 0 Å². The Morgan fingerprint density at radius 3 is 2.27 bits per heavy atom. The second-order valence-corrected chi connectivity index (χ2v) is 5.28. The zero-order valence-electron chi connectivity index (χ0n) is 9.17. The van der Waals surface area contributed by atoms with Crippen LogP contribution in [0.4, 0.5) is 0 Å². The topological polar surface area (TPSA) is 26.0 Å². The van der Waals surface area contributed by atoms with Crippen LogP contribution >= 0.6 is 11.6 Å². The molecule has 1 aromatic carbocycles. The maximum atomic E-state index is 6.45. The largest absolute Gasteiger partial charge is 0.321 e. The van der Waals surface area contributed by atoms with Gasteiger partial charge >= 0.3 is 0 Å². The summed E-state index contributed by atoms with van der Waals surface area (Å²) in [7, 11) is 0. The summed E-state index contributed by atoms with van der Waals surface area (Å²) in [4.78, 5) is 0. The van der Waals surface area contributed by atoms with Crippen molar-refractivity contribution in [3.05, 3.63) is 34.9 Å². The number of rotatable bonds is 1. The molecule has 0 saturated heterocycles. The highest BCUT2D eigenvalue weighted by molar-refractivity contribution is 6.30. The molecule has 2 heteroatoms. The van der Waals surface area contributed by atoms with Gasteiger partial charge < -0.3 is 5.73 Å². The fraction of sp³-hybridized carbons (Fsp3) is 0.538. The Kier molecular flexibility index (Phi) is 3.03. The Morgan fingerprint density at radius 2 is 1.73 bits per heavy atom. The lowest BCUT2D eigenvalue weighted by atomic mass is 9.74. The normalized spacial score (nSPS) is 31.5. The van der Waals surface area contributed by atoms with Crippen LogP contribution in [-0.4, -0.2) is 0 Å². The minimum atomic E-state index is -0.114. The maximum absolute atomic E-state index is 6.45. The zero-order valence-corrected chi connectivity index (χ0v) is 9.93. The molecule has 1 saturated carbocycles. The van der Waals surface area contributed by atoms with Gasteiger partial charge in [-0.1, -0.05) is 30.7 Å². The molecule has 0 aromatic heterocycles. The van der Waals surface area contributed by atoms with Crippen molar-refractivity contribution >= 4 is 11.6 Å². The lowest BCUT2D eigenvalue weighted by Crippen LogP contribution is -2.40. The molecule has 1 nitrogen and oxygen atoms in total. The van der Waals surface area contributed by atoms with Crippen LogP contribution < -0.4 is 5.73 Å². The van der Waals surface area contributed by atoms with Crippen LogP contribution in [0.2, 0.25) is 5.02 Å². The summed E-state index contributed by atoms with van der Waals surface area (Å²) in [6.07, 6.45) is 4.66. The second-order valence-electron chi connectivity index (χ2n) is 4.85. The van der Waals surface area contributed by atoms with Gasteiger partial charge in [0.2, 0.25) is 0 Å². The smallest absolute Gasteiger partial charge is 0.0409 e. The van der Waals surface area contributed by atoms with Gasteiger partial charge in [-0.25, -0.2) is 0 Å². The van der Waals surface area contributed by atoms with Gasteiger partial charge in [-0.15, -0.1) is 0 Å². The van der Waals surface area contributed by atoms with Crippen LogP contribution in [0.25, 0.3) is 0 Å². The molecule has 1 aliphatic rings. The van der Waals surface area contributed by atoms with Crippen molar-refractivity contribution < 1.29 is 0 Å². The third-order valence-corrected chi connectivity index (χ3v) is 3.84. The molecule has 0 amide bonds. The van der Waals surface area contributed by atoms with E-state index in [4.69, 9.17) is 17.3 Å². The molecule has 1 fully saturated rings. The first-order valence-corrected chi connectivity index (χ1v) is 6.03. The Bertz CT molecular complexity index is 323. The molecule has 0 atom stereocenters. The summed E-state index contributed by atoms with van der Waals surface area (Å²) in [5, 5.41) is 0.784. The Morgan fingerprint density at radius 1 is 1.20 bits per heavy atom. The van der Waals surface area contributed by atoms with Crippen LogP contribution in [0.3, 0.4) is 0 Å². The van der Waals surface area contributed by atoms with Crippen LogP contribution in [0.5, 0.6) is 0 Å². The average Bonchev–Trinajstić information content (AvgIpc) is 2.24. The van der Waals surface area contributed by atoms with E-state index >= 15 is 0 Å². The van der Waals surface area contributed by atoms with Crippen molar-refractivity contribution in [1.82, 2.24) is 0 Å². The first-order valence-electron chi connectivity index (χ1n) is 5.65. The molecule has 2 N–H and O–H groups in total. The van der Waals surface area contributed by atoms with Crippen LogP contribution in [0.1, 0.15) is 38.2 Å². The molecule has 0 unspecified atom stereocenters. The summed E-state index contributed by atoms with van der Waals surface area (Å²) in [6, 6.07) is 8.00. The molecule has 0 aliphatic heterocycles. The summed E-state index contributed by atoms with van der Waals surface area (Å²) < 4.78 is 0. The van der Waals surface area contributed by atoms with Crippen molar-refractivity contribution in [2.75, 3.05) is 0 Å². The molecule has 0 bridgehead atoms. The molecule has 15 heavy (non-hydrogen) atoms. The molecule has 1 aliphatic carbocycles. The van der Waals surface area contributed by atoms with Crippen molar-refractivity contribution in [3.8, 4) is 0 Å². The minimum absolute atomic E-state index is 0.114. The van der Waals surface area contributed by atoms with E-state index in [1.165, 1.54) is 18.4 Å². The Labute approximate surface area is 96.6 Å². The summed E-state index contributed by atoms with van der Waals surface area (Å²) in [6.45, 7) is 2.31. The lowest BCUT2D eigenvalue weighted by Gasteiger charge is -2.36. The summed E-state index contributed by atoms with van der Waals surface area (Å²) in [5.74, 6) is 0.828. The van der Waals surface area contributed by atoms with E-state index in [-0.39, 0.29) is 5.54 Å². The van der Waals surface area contributed by atoms with Crippen LogP contribution in [0.15, 0.2) is 24.3 Å². The molecule has 2 rings (SSSR count). The van der Waals surface area contributed by atoms with Gasteiger partial charge in [0.25, 0.3) is 0 Å². The van der Waals surface area contributed by atoms with E-state index in [0.717, 1.165) is 23.8 Å². The van der Waals surface area contributed by atoms with E-state index in [2.05, 4.69) is 19.1 Å². The SMILES string of the molecule is CC1CCC(N)(c2ccc(Cl)cc2)CC1.